The summed E-state index contributed by atoms with van der Waals surface area (Å²) in [6.45, 7) is 3.27. The monoisotopic (exact) mass is 486 g/mol. The number of hydrogen-bond acceptors (Lipinski definition) is 5. The van der Waals surface area contributed by atoms with Crippen LogP contribution < -0.4 is 15.0 Å². The van der Waals surface area contributed by atoms with Crippen LogP contribution in [0.5, 0.6) is 5.75 Å². The molecule has 3 fully saturated rings. The number of hydrogen-bond donors (Lipinski definition) is 1. The van der Waals surface area contributed by atoms with Crippen LogP contribution in [0.4, 0.5) is 10.3 Å². The van der Waals surface area contributed by atoms with Crippen molar-refractivity contribution in [3.8, 4) is 5.75 Å². The fourth-order valence-corrected chi connectivity index (χ4v) is 5.18. The van der Waals surface area contributed by atoms with Gasteiger partial charge < -0.3 is 15.0 Å². The molecule has 1 aromatic heterocycles. The maximum Gasteiger partial charge on any atom is 0.225 e. The van der Waals surface area contributed by atoms with Crippen LogP contribution in [0.2, 0.25) is 5.02 Å². The number of halogens is 2. The van der Waals surface area contributed by atoms with E-state index >= 15 is 0 Å². The van der Waals surface area contributed by atoms with E-state index in [4.69, 9.17) is 16.3 Å². The number of amides is 1. The molecular weight excluding hydrogens is 455 g/mol. The lowest BCUT2D eigenvalue weighted by Gasteiger charge is -2.32. The number of carbonyl (C=O) groups excluding carboxylic acids is 1. The normalized spacial score (nSPS) is 22.5. The van der Waals surface area contributed by atoms with E-state index in [0.717, 1.165) is 50.1 Å². The molecule has 3 aliphatic rings. The first-order valence-electron chi connectivity index (χ1n) is 12.5. The highest BCUT2D eigenvalue weighted by atomic mass is 35.5. The van der Waals surface area contributed by atoms with Crippen molar-refractivity contribution in [3.63, 3.8) is 0 Å². The van der Waals surface area contributed by atoms with Crippen LogP contribution >= 0.6 is 11.6 Å². The Labute approximate surface area is 205 Å². The van der Waals surface area contributed by atoms with E-state index < -0.39 is 0 Å². The second kappa shape index (κ2) is 10.5. The van der Waals surface area contributed by atoms with Crippen LogP contribution in [0.3, 0.4) is 0 Å². The molecule has 2 atom stereocenters. The largest absolute Gasteiger partial charge is 0.493 e. The van der Waals surface area contributed by atoms with Gasteiger partial charge in [-0.25, -0.2) is 14.4 Å². The molecule has 2 aromatic rings. The first kappa shape index (κ1) is 23.3. The Balaban J connectivity index is 1.00. The van der Waals surface area contributed by atoms with Gasteiger partial charge in [0.25, 0.3) is 0 Å². The van der Waals surface area contributed by atoms with Gasteiger partial charge in [0, 0.05) is 25.7 Å². The number of carbonyl (C=O) groups is 1. The van der Waals surface area contributed by atoms with Crippen LogP contribution in [0.25, 0.3) is 0 Å². The summed E-state index contributed by atoms with van der Waals surface area (Å²) in [7, 11) is 0. The van der Waals surface area contributed by atoms with Crippen molar-refractivity contribution in [3.05, 3.63) is 47.0 Å². The van der Waals surface area contributed by atoms with Crippen molar-refractivity contribution in [2.45, 2.75) is 44.9 Å². The molecule has 1 saturated heterocycles. The minimum Gasteiger partial charge on any atom is -0.493 e. The van der Waals surface area contributed by atoms with E-state index in [1.54, 1.807) is 24.5 Å². The number of nitrogens with zero attached hydrogens (tertiary/aromatic N) is 3. The highest BCUT2D eigenvalue weighted by Gasteiger charge is 2.43. The number of benzene rings is 1. The zero-order valence-corrected chi connectivity index (χ0v) is 20.1. The summed E-state index contributed by atoms with van der Waals surface area (Å²) in [6.07, 6.45) is 10.3. The minimum atomic E-state index is -0.375. The molecule has 2 saturated carbocycles. The molecule has 5 rings (SSSR count). The first-order chi connectivity index (χ1) is 16.5. The summed E-state index contributed by atoms with van der Waals surface area (Å²) in [5.74, 6) is 3.64. The summed E-state index contributed by atoms with van der Waals surface area (Å²) in [5, 5.41) is 3.44. The fraction of sp³-hybridized carbons (Fsp3) is 0.577. The lowest BCUT2D eigenvalue weighted by molar-refractivity contribution is -0.120. The Morgan fingerprint density at radius 1 is 1.18 bits per heavy atom. The maximum absolute atomic E-state index is 14.4. The van der Waals surface area contributed by atoms with Gasteiger partial charge >= 0.3 is 0 Å². The summed E-state index contributed by atoms with van der Waals surface area (Å²) in [4.78, 5) is 22.9. The van der Waals surface area contributed by atoms with Gasteiger partial charge in [-0.15, -0.1) is 0 Å². The fourth-order valence-electron chi connectivity index (χ4n) is 5.08. The van der Waals surface area contributed by atoms with Crippen molar-refractivity contribution in [1.82, 2.24) is 15.3 Å². The zero-order chi connectivity index (χ0) is 23.5. The van der Waals surface area contributed by atoms with Gasteiger partial charge in [0.1, 0.15) is 11.6 Å². The van der Waals surface area contributed by atoms with Crippen LogP contribution in [-0.4, -0.2) is 42.1 Å². The minimum absolute atomic E-state index is 0.0749. The second-order valence-corrected chi connectivity index (χ2v) is 10.4. The Morgan fingerprint density at radius 3 is 2.65 bits per heavy atom. The van der Waals surface area contributed by atoms with Crippen molar-refractivity contribution in [2.75, 3.05) is 31.1 Å². The van der Waals surface area contributed by atoms with E-state index in [9.17, 15) is 9.18 Å². The Bertz CT molecular complexity index is 993. The summed E-state index contributed by atoms with van der Waals surface area (Å²) >= 11 is 5.89. The third kappa shape index (κ3) is 6.17. The van der Waals surface area contributed by atoms with Gasteiger partial charge in [-0.3, -0.25) is 4.79 Å². The molecule has 0 radical (unpaired) electrons. The number of anilines is 1. The molecule has 2 heterocycles. The number of nitrogens with one attached hydrogen (secondary N) is 1. The first-order valence-corrected chi connectivity index (χ1v) is 12.8. The molecule has 1 aliphatic heterocycles. The predicted octanol–water partition coefficient (Wildman–Crippen LogP) is 4.66. The molecule has 182 valence electrons. The second-order valence-electron chi connectivity index (χ2n) is 10.00. The van der Waals surface area contributed by atoms with E-state index in [-0.39, 0.29) is 18.1 Å². The Hall–Kier alpha value is -2.41. The average molecular weight is 487 g/mol. The van der Waals surface area contributed by atoms with Crippen LogP contribution in [0, 0.1) is 29.5 Å². The third-order valence-corrected chi connectivity index (χ3v) is 7.62. The predicted molar refractivity (Wildman–Crippen MR) is 130 cm³/mol. The van der Waals surface area contributed by atoms with Gasteiger partial charge in [0.05, 0.1) is 30.4 Å². The molecule has 34 heavy (non-hydrogen) atoms. The van der Waals surface area contributed by atoms with Gasteiger partial charge in [-0.05, 0) is 73.8 Å². The van der Waals surface area contributed by atoms with Crippen molar-refractivity contribution in [1.29, 1.82) is 0 Å². The zero-order valence-electron chi connectivity index (χ0n) is 19.4. The van der Waals surface area contributed by atoms with Crippen LogP contribution in [0.15, 0.2) is 30.6 Å². The van der Waals surface area contributed by atoms with Gasteiger partial charge in [-0.1, -0.05) is 17.7 Å². The van der Waals surface area contributed by atoms with Crippen LogP contribution in [-0.2, 0) is 11.2 Å². The smallest absolute Gasteiger partial charge is 0.225 e. The highest BCUT2D eigenvalue weighted by Crippen LogP contribution is 2.49. The van der Waals surface area contributed by atoms with Gasteiger partial charge in [-0.2, -0.15) is 0 Å². The molecule has 8 heteroatoms. The molecule has 1 N–H and O–H groups in total. The Kier molecular flexibility index (Phi) is 7.18. The molecule has 1 amide bonds. The molecule has 0 spiro atoms. The van der Waals surface area contributed by atoms with E-state index in [2.05, 4.69) is 20.2 Å². The Morgan fingerprint density at radius 2 is 1.94 bits per heavy atom. The number of rotatable bonds is 10. The molecule has 2 aliphatic carbocycles. The van der Waals surface area contributed by atoms with Crippen LogP contribution in [0.1, 0.15) is 44.1 Å². The summed E-state index contributed by atoms with van der Waals surface area (Å²) in [6, 6.07) is 4.84. The number of piperidine rings is 1. The standard InChI is InChI=1S/C26H32ClFN4O2/c27-21-15-30-26(31-16-21)32-8-5-18(6-9-32)23-11-19(23)7-10-34-22-4-3-20(24(28)13-22)12-25(33)29-14-17-1-2-17/h3-4,13,15-19,23H,1-2,5-12,14H2,(H,29,33)/t19-,23?/m1/s1. The average Bonchev–Trinajstić information content (AvgIpc) is 3.76. The molecular formula is C26H32ClFN4O2. The number of ether oxygens (including phenoxy) is 1. The summed E-state index contributed by atoms with van der Waals surface area (Å²) in [5.41, 5.74) is 0.415. The van der Waals surface area contributed by atoms with Gasteiger partial charge in [0.2, 0.25) is 11.9 Å². The number of aromatic nitrogens is 2. The molecule has 0 bridgehead atoms. The van der Waals surface area contributed by atoms with Crippen molar-refractivity contribution < 1.29 is 13.9 Å². The molecule has 1 aromatic carbocycles. The lowest BCUT2D eigenvalue weighted by atomic mass is 9.90. The van der Waals surface area contributed by atoms with Gasteiger partial charge in [0.15, 0.2) is 0 Å². The van der Waals surface area contributed by atoms with Crippen molar-refractivity contribution in [2.24, 2.45) is 23.7 Å². The summed E-state index contributed by atoms with van der Waals surface area (Å²) < 4.78 is 20.2. The SMILES string of the molecule is O=C(Cc1ccc(OCC[C@@H]2CC2C2CCN(c3ncc(Cl)cn3)CC2)cc1F)NCC1CC1. The maximum atomic E-state index is 14.4. The topological polar surface area (TPSA) is 67.3 Å². The highest BCUT2D eigenvalue weighted by molar-refractivity contribution is 6.30. The lowest BCUT2D eigenvalue weighted by Crippen LogP contribution is -2.35. The van der Waals surface area contributed by atoms with E-state index in [1.807, 2.05) is 0 Å². The third-order valence-electron chi connectivity index (χ3n) is 7.43. The quantitative estimate of drug-likeness (QED) is 0.529. The van der Waals surface area contributed by atoms with E-state index in [0.29, 0.717) is 41.3 Å². The molecule has 1 unspecified atom stereocenters. The van der Waals surface area contributed by atoms with Crippen molar-refractivity contribution >= 4 is 23.5 Å². The molecule has 6 nitrogen and oxygen atoms in total. The van der Waals surface area contributed by atoms with E-state index in [1.165, 1.54) is 25.3 Å².